The summed E-state index contributed by atoms with van der Waals surface area (Å²) in [5, 5.41) is 0.405. The average Bonchev–Trinajstić information content (AvgIpc) is 2.61. The third kappa shape index (κ3) is 1.20. The third-order valence-corrected chi connectivity index (χ3v) is 6.24. The third-order valence-electron chi connectivity index (χ3n) is 3.78. The van der Waals surface area contributed by atoms with Gasteiger partial charge in [-0.25, -0.2) is 0 Å². The van der Waals surface area contributed by atoms with Gasteiger partial charge in [0.2, 0.25) is 0 Å². The maximum atomic E-state index is 11.9. The van der Waals surface area contributed by atoms with Crippen LogP contribution in [0.5, 0.6) is 0 Å². The number of allylic oxidation sites excluding steroid dienone is 4. The fourth-order valence-electron chi connectivity index (χ4n) is 3.07. The van der Waals surface area contributed by atoms with Gasteiger partial charge in [-0.3, -0.25) is 9.59 Å². The number of fused-ring (bicyclic) bond motifs is 5. The minimum atomic E-state index is -1.12. The minimum absolute atomic E-state index is 0.202. The lowest BCUT2D eigenvalue weighted by atomic mass is 9.74. The molecule has 2 bridgehead atoms. The number of carbonyl (C=O) groups is 2. The summed E-state index contributed by atoms with van der Waals surface area (Å²) >= 11 is 24.9. The van der Waals surface area contributed by atoms with E-state index in [1.807, 2.05) is 0 Å². The summed E-state index contributed by atoms with van der Waals surface area (Å²) < 4.78 is 0. The largest absolute Gasteiger partial charge is 0.294 e. The van der Waals surface area contributed by atoms with Crippen LogP contribution < -0.4 is 0 Å². The van der Waals surface area contributed by atoms with E-state index in [4.69, 9.17) is 46.4 Å². The Hall–Kier alpha value is -0.0200. The monoisotopic (exact) mass is 310 g/mol. The number of alkyl halides is 2. The summed E-state index contributed by atoms with van der Waals surface area (Å²) in [6.07, 6.45) is 2.70. The Kier molecular flexibility index (Phi) is 2.33. The van der Waals surface area contributed by atoms with Crippen molar-refractivity contribution in [1.29, 1.82) is 0 Å². The SMILES string of the molecule is O=C1C=CC(=O)C2C1C1(Cl)CC2(Cl)C(Cl)=C1Cl. The second-order valence-electron chi connectivity index (χ2n) is 4.62. The summed E-state index contributed by atoms with van der Waals surface area (Å²) in [5.41, 5.74) is 0. The van der Waals surface area contributed by atoms with Gasteiger partial charge >= 0.3 is 0 Å². The van der Waals surface area contributed by atoms with Gasteiger partial charge in [0, 0.05) is 0 Å². The second kappa shape index (κ2) is 3.30. The molecule has 4 unspecified atom stereocenters. The molecule has 0 spiro atoms. The van der Waals surface area contributed by atoms with Gasteiger partial charge in [0.15, 0.2) is 11.6 Å². The van der Waals surface area contributed by atoms with Gasteiger partial charge < -0.3 is 0 Å². The first-order chi connectivity index (χ1) is 7.82. The second-order valence-corrected chi connectivity index (χ2v) is 6.73. The van der Waals surface area contributed by atoms with Crippen molar-refractivity contribution in [1.82, 2.24) is 0 Å². The molecule has 0 aromatic rings. The van der Waals surface area contributed by atoms with E-state index in [0.29, 0.717) is 0 Å². The predicted molar refractivity (Wildman–Crippen MR) is 66.7 cm³/mol. The number of halogens is 4. The van der Waals surface area contributed by atoms with Crippen molar-refractivity contribution in [3.8, 4) is 0 Å². The van der Waals surface area contributed by atoms with Gasteiger partial charge in [0.05, 0.1) is 31.6 Å². The summed E-state index contributed by atoms with van der Waals surface area (Å²) in [5.74, 6) is -1.83. The summed E-state index contributed by atoms with van der Waals surface area (Å²) in [4.78, 5) is 21.6. The molecule has 0 heterocycles. The Morgan fingerprint density at radius 3 is 1.65 bits per heavy atom. The zero-order valence-corrected chi connectivity index (χ0v) is 11.4. The Morgan fingerprint density at radius 1 is 0.941 bits per heavy atom. The van der Waals surface area contributed by atoms with Crippen molar-refractivity contribution >= 4 is 58.0 Å². The Bertz CT molecular complexity index is 480. The minimum Gasteiger partial charge on any atom is -0.294 e. The van der Waals surface area contributed by atoms with Gasteiger partial charge in [-0.15, -0.1) is 23.2 Å². The maximum Gasteiger partial charge on any atom is 0.161 e. The molecule has 2 nitrogen and oxygen atoms in total. The maximum absolute atomic E-state index is 11.9. The first-order valence-electron chi connectivity index (χ1n) is 5.02. The molecule has 3 aliphatic carbocycles. The number of ketones is 2. The molecule has 0 amide bonds. The van der Waals surface area contributed by atoms with Gasteiger partial charge in [-0.1, -0.05) is 23.2 Å². The van der Waals surface area contributed by atoms with Gasteiger partial charge in [-0.2, -0.15) is 0 Å². The first kappa shape index (κ1) is 12.0. The lowest BCUT2D eigenvalue weighted by molar-refractivity contribution is -0.128. The number of carbonyl (C=O) groups excluding carboxylic acids is 2. The van der Waals surface area contributed by atoms with Crippen LogP contribution in [0.4, 0.5) is 0 Å². The van der Waals surface area contributed by atoms with Gasteiger partial charge in [-0.05, 0) is 18.6 Å². The van der Waals surface area contributed by atoms with Crippen LogP contribution in [0, 0.1) is 11.8 Å². The fraction of sp³-hybridized carbons (Fsp3) is 0.455. The van der Waals surface area contributed by atoms with Crippen LogP contribution in [0.1, 0.15) is 6.42 Å². The molecule has 0 aliphatic heterocycles. The summed E-state index contributed by atoms with van der Waals surface area (Å²) in [6, 6.07) is 0. The highest BCUT2D eigenvalue weighted by molar-refractivity contribution is 6.52. The Balaban J connectivity index is 2.26. The van der Waals surface area contributed by atoms with Crippen molar-refractivity contribution in [2.24, 2.45) is 11.8 Å². The Labute approximate surface area is 118 Å². The highest BCUT2D eigenvalue weighted by atomic mass is 35.5. The van der Waals surface area contributed by atoms with Crippen molar-refractivity contribution in [3.05, 3.63) is 22.2 Å². The highest BCUT2D eigenvalue weighted by Crippen LogP contribution is 2.68. The molecule has 0 aromatic carbocycles. The van der Waals surface area contributed by atoms with Crippen LogP contribution in [-0.4, -0.2) is 21.3 Å². The quantitative estimate of drug-likeness (QED) is 0.645. The molecular formula is C11H6Cl4O2. The summed E-state index contributed by atoms with van der Waals surface area (Å²) in [6.45, 7) is 0. The van der Waals surface area contributed by atoms with E-state index in [1.54, 1.807) is 0 Å². The van der Waals surface area contributed by atoms with Gasteiger partial charge in [0.1, 0.15) is 0 Å². The Morgan fingerprint density at radius 2 is 1.29 bits per heavy atom. The normalized spacial score (nSPS) is 48.0. The standard InChI is InChI=1S/C11H6Cl4O2/c12-8-9(13)11(15)3-10(8,14)6-4(16)1-2-5(17)7(6)11/h1-2,6-7H,3H2. The zero-order valence-electron chi connectivity index (χ0n) is 8.34. The van der Waals surface area contributed by atoms with Crippen LogP contribution in [0.15, 0.2) is 22.2 Å². The molecular weight excluding hydrogens is 306 g/mol. The summed E-state index contributed by atoms with van der Waals surface area (Å²) in [7, 11) is 0. The van der Waals surface area contributed by atoms with E-state index in [-0.39, 0.29) is 28.1 Å². The molecule has 0 N–H and O–H groups in total. The molecule has 4 atom stereocenters. The van der Waals surface area contributed by atoms with E-state index < -0.39 is 21.6 Å². The average molecular weight is 312 g/mol. The van der Waals surface area contributed by atoms with E-state index in [1.165, 1.54) is 12.2 Å². The smallest absolute Gasteiger partial charge is 0.161 e. The molecule has 6 heteroatoms. The molecule has 1 saturated carbocycles. The van der Waals surface area contributed by atoms with Gasteiger partial charge in [0.25, 0.3) is 0 Å². The highest BCUT2D eigenvalue weighted by Gasteiger charge is 2.72. The van der Waals surface area contributed by atoms with Crippen LogP contribution >= 0.6 is 46.4 Å². The first-order valence-corrected chi connectivity index (χ1v) is 6.53. The fourth-order valence-corrected chi connectivity index (χ4v) is 5.02. The van der Waals surface area contributed by atoms with Crippen LogP contribution in [0.25, 0.3) is 0 Å². The molecule has 3 rings (SSSR count). The predicted octanol–water partition coefficient (Wildman–Crippen LogP) is 2.99. The zero-order chi connectivity index (χ0) is 12.6. The number of hydrogen-bond acceptors (Lipinski definition) is 2. The van der Waals surface area contributed by atoms with Crippen molar-refractivity contribution in [3.63, 3.8) is 0 Å². The van der Waals surface area contributed by atoms with Crippen molar-refractivity contribution in [2.75, 3.05) is 0 Å². The van der Waals surface area contributed by atoms with Crippen LogP contribution in [-0.2, 0) is 9.59 Å². The van der Waals surface area contributed by atoms with Crippen molar-refractivity contribution < 1.29 is 9.59 Å². The van der Waals surface area contributed by atoms with E-state index in [9.17, 15) is 9.59 Å². The van der Waals surface area contributed by atoms with Crippen molar-refractivity contribution in [2.45, 2.75) is 16.2 Å². The van der Waals surface area contributed by atoms with E-state index in [2.05, 4.69) is 0 Å². The van der Waals surface area contributed by atoms with Crippen LogP contribution in [0.2, 0.25) is 0 Å². The number of hydrogen-bond donors (Lipinski definition) is 0. The lowest BCUT2D eigenvalue weighted by Crippen LogP contribution is -2.46. The molecule has 0 radical (unpaired) electrons. The molecule has 17 heavy (non-hydrogen) atoms. The molecule has 90 valence electrons. The van der Waals surface area contributed by atoms with E-state index in [0.717, 1.165) is 0 Å². The number of rotatable bonds is 0. The van der Waals surface area contributed by atoms with E-state index >= 15 is 0 Å². The van der Waals surface area contributed by atoms with Crippen LogP contribution in [0.3, 0.4) is 0 Å². The molecule has 0 aromatic heterocycles. The molecule has 3 aliphatic rings. The topological polar surface area (TPSA) is 34.1 Å². The molecule has 1 fully saturated rings. The lowest BCUT2D eigenvalue weighted by Gasteiger charge is -2.36. The molecule has 0 saturated heterocycles.